The van der Waals surface area contributed by atoms with Crippen LogP contribution in [0, 0.1) is 24.0 Å². The molecule has 1 heterocycles. The molecule has 138 valence electrons. The number of hydrogen-bond acceptors (Lipinski definition) is 6. The van der Waals surface area contributed by atoms with E-state index in [-0.39, 0.29) is 29.4 Å². The smallest absolute Gasteiger partial charge is 0.328 e. The molecular formula is C18H21N3O5. The van der Waals surface area contributed by atoms with Crippen LogP contribution >= 0.6 is 0 Å². The molecular weight excluding hydrogens is 338 g/mol. The lowest BCUT2D eigenvalue weighted by atomic mass is 10.0. The summed E-state index contributed by atoms with van der Waals surface area (Å²) in [6, 6.07) is 7.12. The SMILES string of the molecule is CCc1ccc(C(=O)[C@@H](C)OC(=O)Cn2nc(C)c([N+](=O)[O-])c2C)cc1. The van der Waals surface area contributed by atoms with Crippen molar-refractivity contribution >= 4 is 17.4 Å². The van der Waals surface area contributed by atoms with Crippen molar-refractivity contribution in [2.75, 3.05) is 0 Å². The van der Waals surface area contributed by atoms with Crippen LogP contribution in [0.25, 0.3) is 0 Å². The second kappa shape index (κ2) is 7.90. The van der Waals surface area contributed by atoms with E-state index in [0.29, 0.717) is 5.56 Å². The zero-order valence-corrected chi connectivity index (χ0v) is 15.2. The Kier molecular flexibility index (Phi) is 5.86. The molecule has 26 heavy (non-hydrogen) atoms. The van der Waals surface area contributed by atoms with Gasteiger partial charge >= 0.3 is 11.7 Å². The fourth-order valence-electron chi connectivity index (χ4n) is 2.66. The highest BCUT2D eigenvalue weighted by molar-refractivity contribution is 6.00. The second-order valence-corrected chi connectivity index (χ2v) is 5.98. The van der Waals surface area contributed by atoms with Gasteiger partial charge in [-0.2, -0.15) is 5.10 Å². The molecule has 0 aliphatic heterocycles. The highest BCUT2D eigenvalue weighted by Gasteiger charge is 2.25. The van der Waals surface area contributed by atoms with Gasteiger partial charge in [-0.1, -0.05) is 31.2 Å². The Morgan fingerprint density at radius 1 is 1.27 bits per heavy atom. The maximum atomic E-state index is 12.4. The monoisotopic (exact) mass is 359 g/mol. The van der Waals surface area contributed by atoms with Crippen molar-refractivity contribution in [3.63, 3.8) is 0 Å². The number of nitrogens with zero attached hydrogens (tertiary/aromatic N) is 3. The number of ether oxygens (including phenoxy) is 1. The summed E-state index contributed by atoms with van der Waals surface area (Å²) in [5, 5.41) is 15.0. The molecule has 0 unspecified atom stereocenters. The minimum Gasteiger partial charge on any atom is -0.453 e. The van der Waals surface area contributed by atoms with Gasteiger partial charge in [0.05, 0.1) is 4.92 Å². The summed E-state index contributed by atoms with van der Waals surface area (Å²) < 4.78 is 6.38. The van der Waals surface area contributed by atoms with E-state index in [4.69, 9.17) is 4.74 Å². The van der Waals surface area contributed by atoms with Crippen LogP contribution in [0.5, 0.6) is 0 Å². The number of carbonyl (C=O) groups is 2. The molecule has 8 nitrogen and oxygen atoms in total. The molecule has 0 saturated carbocycles. The third-order valence-electron chi connectivity index (χ3n) is 4.13. The summed E-state index contributed by atoms with van der Waals surface area (Å²) >= 11 is 0. The van der Waals surface area contributed by atoms with Gasteiger partial charge in [-0.3, -0.25) is 24.4 Å². The fraction of sp³-hybridized carbons (Fsp3) is 0.389. The molecule has 0 radical (unpaired) electrons. The Labute approximate surface area is 150 Å². The van der Waals surface area contributed by atoms with Crippen molar-refractivity contribution in [2.45, 2.75) is 46.8 Å². The summed E-state index contributed by atoms with van der Waals surface area (Å²) in [7, 11) is 0. The first-order valence-corrected chi connectivity index (χ1v) is 8.25. The molecule has 0 amide bonds. The van der Waals surface area contributed by atoms with Gasteiger partial charge in [0, 0.05) is 5.56 Å². The lowest BCUT2D eigenvalue weighted by Gasteiger charge is -2.13. The highest BCUT2D eigenvalue weighted by atomic mass is 16.6. The van der Waals surface area contributed by atoms with E-state index in [2.05, 4.69) is 5.10 Å². The number of carbonyl (C=O) groups excluding carboxylic acids is 2. The van der Waals surface area contributed by atoms with E-state index >= 15 is 0 Å². The lowest BCUT2D eigenvalue weighted by molar-refractivity contribution is -0.386. The molecule has 8 heteroatoms. The van der Waals surface area contributed by atoms with E-state index in [1.54, 1.807) is 12.1 Å². The zero-order valence-electron chi connectivity index (χ0n) is 15.2. The van der Waals surface area contributed by atoms with Gasteiger partial charge in [0.15, 0.2) is 6.10 Å². The largest absolute Gasteiger partial charge is 0.453 e. The molecule has 0 bridgehead atoms. The standard InChI is InChI=1S/C18H21N3O5/c1-5-14-6-8-15(9-7-14)18(23)13(4)26-16(22)10-20-12(3)17(21(24)25)11(2)19-20/h6-9,13H,5,10H2,1-4H3/t13-/m1/s1. The summed E-state index contributed by atoms with van der Waals surface area (Å²) in [6.45, 7) is 6.23. The van der Waals surface area contributed by atoms with E-state index in [9.17, 15) is 19.7 Å². The number of benzene rings is 1. The predicted molar refractivity (Wildman–Crippen MR) is 94.1 cm³/mol. The Balaban J connectivity index is 2.04. The van der Waals surface area contributed by atoms with Gasteiger partial charge < -0.3 is 4.74 Å². The molecule has 1 atom stereocenters. The number of aromatic nitrogens is 2. The summed E-state index contributed by atoms with van der Waals surface area (Å²) in [5.41, 5.74) is 1.93. The van der Waals surface area contributed by atoms with Gasteiger partial charge in [0.1, 0.15) is 17.9 Å². The van der Waals surface area contributed by atoms with Crippen LogP contribution in [0.2, 0.25) is 0 Å². The van der Waals surface area contributed by atoms with Gasteiger partial charge in [0.2, 0.25) is 5.78 Å². The Morgan fingerprint density at radius 3 is 2.38 bits per heavy atom. The number of nitro groups is 1. The van der Waals surface area contributed by atoms with Crippen molar-refractivity contribution in [1.29, 1.82) is 0 Å². The first kappa shape index (κ1) is 19.3. The van der Waals surface area contributed by atoms with Crippen molar-refractivity contribution < 1.29 is 19.2 Å². The maximum Gasteiger partial charge on any atom is 0.328 e. The zero-order chi connectivity index (χ0) is 19.4. The maximum absolute atomic E-state index is 12.4. The normalized spacial score (nSPS) is 11.8. The van der Waals surface area contributed by atoms with E-state index in [0.717, 1.165) is 12.0 Å². The molecule has 0 aliphatic rings. The van der Waals surface area contributed by atoms with Gasteiger partial charge in [-0.15, -0.1) is 0 Å². The van der Waals surface area contributed by atoms with Gasteiger partial charge in [0.25, 0.3) is 0 Å². The first-order valence-electron chi connectivity index (χ1n) is 8.25. The number of esters is 1. The predicted octanol–water partition coefficient (Wildman–Crippen LogP) is 2.79. The summed E-state index contributed by atoms with van der Waals surface area (Å²) in [5.74, 6) is -0.989. The molecule has 1 aromatic carbocycles. The van der Waals surface area contributed by atoms with Gasteiger partial charge in [-0.05, 0) is 32.8 Å². The average molecular weight is 359 g/mol. The molecule has 1 aromatic heterocycles. The number of aryl methyl sites for hydroxylation is 2. The quantitative estimate of drug-likeness (QED) is 0.326. The van der Waals surface area contributed by atoms with E-state index in [1.807, 2.05) is 19.1 Å². The van der Waals surface area contributed by atoms with E-state index < -0.39 is 17.0 Å². The molecule has 2 aromatic rings. The summed E-state index contributed by atoms with van der Waals surface area (Å²) in [4.78, 5) is 34.9. The fourth-order valence-corrected chi connectivity index (χ4v) is 2.66. The van der Waals surface area contributed by atoms with Crippen LogP contribution in [0.15, 0.2) is 24.3 Å². The van der Waals surface area contributed by atoms with Crippen LogP contribution < -0.4 is 0 Å². The van der Waals surface area contributed by atoms with Crippen molar-refractivity contribution in [1.82, 2.24) is 9.78 Å². The summed E-state index contributed by atoms with van der Waals surface area (Å²) in [6.07, 6.45) is -0.0877. The van der Waals surface area contributed by atoms with Crippen molar-refractivity contribution in [3.8, 4) is 0 Å². The highest BCUT2D eigenvalue weighted by Crippen LogP contribution is 2.21. The van der Waals surface area contributed by atoms with Crippen molar-refractivity contribution in [3.05, 3.63) is 56.9 Å². The molecule has 0 saturated heterocycles. The van der Waals surface area contributed by atoms with Crippen LogP contribution in [0.4, 0.5) is 5.69 Å². The Morgan fingerprint density at radius 2 is 1.88 bits per heavy atom. The van der Waals surface area contributed by atoms with Crippen LogP contribution in [-0.4, -0.2) is 32.6 Å². The Hall–Kier alpha value is -3.03. The second-order valence-electron chi connectivity index (χ2n) is 5.98. The Bertz CT molecular complexity index is 839. The van der Waals surface area contributed by atoms with E-state index in [1.165, 1.54) is 25.5 Å². The number of rotatable bonds is 7. The molecule has 0 aliphatic carbocycles. The number of hydrogen-bond donors (Lipinski definition) is 0. The van der Waals surface area contributed by atoms with Crippen LogP contribution in [-0.2, 0) is 22.5 Å². The van der Waals surface area contributed by atoms with Crippen LogP contribution in [0.3, 0.4) is 0 Å². The van der Waals surface area contributed by atoms with Crippen molar-refractivity contribution in [2.24, 2.45) is 0 Å². The number of ketones is 1. The third kappa shape index (κ3) is 4.14. The molecule has 0 fully saturated rings. The average Bonchev–Trinajstić information content (AvgIpc) is 2.87. The molecule has 0 N–H and O–H groups in total. The minimum atomic E-state index is -0.957. The molecule has 0 spiro atoms. The lowest BCUT2D eigenvalue weighted by Crippen LogP contribution is -2.27. The number of Topliss-reactive ketones (excluding diaryl/α,β-unsaturated/α-hetero) is 1. The topological polar surface area (TPSA) is 104 Å². The molecule has 2 rings (SSSR count). The third-order valence-corrected chi connectivity index (χ3v) is 4.13. The van der Waals surface area contributed by atoms with Crippen LogP contribution in [0.1, 0.15) is 41.2 Å². The first-order chi connectivity index (χ1) is 12.2. The van der Waals surface area contributed by atoms with Gasteiger partial charge in [-0.25, -0.2) is 0 Å². The minimum absolute atomic E-state index is 0.127.